The minimum absolute atomic E-state index is 0.223. The molecule has 0 aliphatic carbocycles. The molecule has 1 fully saturated rings. The molecule has 2 rings (SSSR count). The smallest absolute Gasteiger partial charge is 0.241 e. The van der Waals surface area contributed by atoms with Crippen molar-refractivity contribution in [1.82, 2.24) is 9.62 Å². The summed E-state index contributed by atoms with van der Waals surface area (Å²) in [7, 11) is -3.64. The molecule has 1 heterocycles. The number of sulfonamides is 1. The van der Waals surface area contributed by atoms with Gasteiger partial charge >= 0.3 is 0 Å². The summed E-state index contributed by atoms with van der Waals surface area (Å²) < 4.78 is 26.4. The van der Waals surface area contributed by atoms with Crippen molar-refractivity contribution in [1.29, 1.82) is 5.26 Å². The Kier molecular flexibility index (Phi) is 4.03. The van der Waals surface area contributed by atoms with Gasteiger partial charge in [0, 0.05) is 13.1 Å². The molecule has 0 spiro atoms. The highest BCUT2D eigenvalue weighted by atomic mass is 32.2. The number of hydrogen-bond donors (Lipinski definition) is 1. The number of carbonyl (C=O) groups is 1. The van der Waals surface area contributed by atoms with Gasteiger partial charge in [0.1, 0.15) is 5.54 Å². The van der Waals surface area contributed by atoms with Crippen LogP contribution in [-0.2, 0) is 20.6 Å². The molecule has 1 aromatic rings. The highest BCUT2D eigenvalue weighted by Crippen LogP contribution is 2.24. The second kappa shape index (κ2) is 5.47. The Morgan fingerprint density at radius 2 is 2.14 bits per heavy atom. The number of carbonyl (C=O) groups excluding carboxylic acids is 1. The average Bonchev–Trinajstić information content (AvgIpc) is 2.41. The van der Waals surface area contributed by atoms with Gasteiger partial charge in [-0.15, -0.1) is 0 Å². The van der Waals surface area contributed by atoms with Gasteiger partial charge in [-0.3, -0.25) is 4.79 Å². The number of hydrogen-bond acceptors (Lipinski definition) is 4. The Morgan fingerprint density at radius 1 is 1.43 bits per heavy atom. The van der Waals surface area contributed by atoms with Gasteiger partial charge in [0.2, 0.25) is 15.9 Å². The normalized spacial score (nSPS) is 18.8. The quantitative estimate of drug-likeness (QED) is 0.885. The molecule has 1 amide bonds. The molecule has 1 aliphatic rings. The number of nitriles is 1. The van der Waals surface area contributed by atoms with Crippen LogP contribution in [0.15, 0.2) is 24.3 Å². The lowest BCUT2D eigenvalue weighted by Crippen LogP contribution is -2.63. The summed E-state index contributed by atoms with van der Waals surface area (Å²) in [5.41, 5.74) is -0.154. The zero-order valence-corrected chi connectivity index (χ0v) is 12.8. The van der Waals surface area contributed by atoms with E-state index in [1.165, 1.54) is 4.31 Å². The van der Waals surface area contributed by atoms with Crippen molar-refractivity contribution in [3.8, 4) is 6.07 Å². The van der Waals surface area contributed by atoms with E-state index in [1.807, 2.05) is 6.07 Å². The fourth-order valence-electron chi connectivity index (χ4n) is 2.39. The van der Waals surface area contributed by atoms with Crippen molar-refractivity contribution < 1.29 is 13.2 Å². The Balaban J connectivity index is 2.29. The van der Waals surface area contributed by atoms with Gasteiger partial charge in [0.25, 0.3) is 0 Å². The van der Waals surface area contributed by atoms with Crippen molar-refractivity contribution in [2.24, 2.45) is 0 Å². The molecule has 0 radical (unpaired) electrons. The zero-order chi connectivity index (χ0) is 15.7. The third-order valence-electron chi connectivity index (χ3n) is 3.52. The fraction of sp³-hybridized carbons (Fsp3) is 0.429. The van der Waals surface area contributed by atoms with E-state index in [4.69, 9.17) is 5.26 Å². The van der Waals surface area contributed by atoms with Crippen molar-refractivity contribution >= 4 is 15.9 Å². The van der Waals surface area contributed by atoms with Gasteiger partial charge < -0.3 is 5.32 Å². The molecule has 0 unspecified atom stereocenters. The maximum Gasteiger partial charge on any atom is 0.241 e. The number of rotatable bonds is 3. The first kappa shape index (κ1) is 15.5. The third-order valence-corrected chi connectivity index (χ3v) is 5.53. The van der Waals surface area contributed by atoms with Crippen LogP contribution >= 0.6 is 0 Å². The third kappa shape index (κ3) is 3.06. The molecule has 0 atom stereocenters. The second-order valence-electron chi connectivity index (χ2n) is 5.46. The molecule has 1 N–H and O–H groups in total. The van der Waals surface area contributed by atoms with Crippen LogP contribution < -0.4 is 5.32 Å². The Bertz CT molecular complexity index is 704. The van der Waals surface area contributed by atoms with Crippen LogP contribution in [0.5, 0.6) is 0 Å². The van der Waals surface area contributed by atoms with Crippen LogP contribution in [0.4, 0.5) is 0 Å². The van der Waals surface area contributed by atoms with E-state index in [0.29, 0.717) is 17.7 Å². The molecule has 112 valence electrons. The summed E-state index contributed by atoms with van der Waals surface area (Å²) >= 11 is 0. The van der Waals surface area contributed by atoms with Crippen LogP contribution in [0.1, 0.15) is 25.0 Å². The lowest BCUT2D eigenvalue weighted by Gasteiger charge is -2.39. The monoisotopic (exact) mass is 307 g/mol. The molecular formula is C14H17N3O3S. The molecule has 21 heavy (non-hydrogen) atoms. The highest BCUT2D eigenvalue weighted by Gasteiger charge is 2.44. The summed E-state index contributed by atoms with van der Waals surface area (Å²) in [6.07, 6.45) is 0. The Morgan fingerprint density at radius 3 is 2.81 bits per heavy atom. The molecule has 0 aromatic heterocycles. The van der Waals surface area contributed by atoms with E-state index in [0.717, 1.165) is 0 Å². The van der Waals surface area contributed by atoms with Crippen LogP contribution in [0.3, 0.4) is 0 Å². The van der Waals surface area contributed by atoms with Gasteiger partial charge in [-0.2, -0.15) is 9.57 Å². The van der Waals surface area contributed by atoms with Gasteiger partial charge in [-0.1, -0.05) is 12.1 Å². The predicted molar refractivity (Wildman–Crippen MR) is 77.6 cm³/mol. The fourth-order valence-corrected chi connectivity index (χ4v) is 4.29. The van der Waals surface area contributed by atoms with E-state index < -0.39 is 15.6 Å². The lowest BCUT2D eigenvalue weighted by molar-refractivity contribution is -0.131. The Hall–Kier alpha value is -1.91. The van der Waals surface area contributed by atoms with E-state index in [9.17, 15) is 13.2 Å². The molecule has 6 nitrogen and oxygen atoms in total. The number of nitrogens with zero attached hydrogens (tertiary/aromatic N) is 2. The zero-order valence-electron chi connectivity index (χ0n) is 12.0. The first-order valence-corrected chi connectivity index (χ1v) is 8.16. The summed E-state index contributed by atoms with van der Waals surface area (Å²) in [6, 6.07) is 8.47. The number of benzene rings is 1. The molecule has 7 heteroatoms. The van der Waals surface area contributed by atoms with Crippen molar-refractivity contribution in [2.45, 2.75) is 25.1 Å². The SMILES string of the molecule is CC1(C)C(=O)NCCN1S(=O)(=O)Cc1cccc(C#N)c1. The van der Waals surface area contributed by atoms with Crippen LogP contribution in [0.25, 0.3) is 0 Å². The standard InChI is InChI=1S/C14H17N3O3S/c1-14(2)13(18)16-6-7-17(14)21(19,20)10-12-5-3-4-11(8-12)9-15/h3-5,8H,6-7,10H2,1-2H3,(H,16,18). The topological polar surface area (TPSA) is 90.3 Å². The summed E-state index contributed by atoms with van der Waals surface area (Å²) in [4.78, 5) is 11.9. The van der Waals surface area contributed by atoms with Crippen molar-refractivity contribution in [2.75, 3.05) is 13.1 Å². The molecule has 0 bridgehead atoms. The summed E-state index contributed by atoms with van der Waals surface area (Å²) in [5, 5.41) is 11.5. The minimum Gasteiger partial charge on any atom is -0.353 e. The van der Waals surface area contributed by atoms with E-state index in [1.54, 1.807) is 38.1 Å². The maximum absolute atomic E-state index is 12.6. The minimum atomic E-state index is -3.64. The van der Waals surface area contributed by atoms with Crippen LogP contribution in [0.2, 0.25) is 0 Å². The largest absolute Gasteiger partial charge is 0.353 e. The maximum atomic E-state index is 12.6. The van der Waals surface area contributed by atoms with Crippen LogP contribution in [-0.4, -0.2) is 37.3 Å². The van der Waals surface area contributed by atoms with Gasteiger partial charge in [-0.05, 0) is 31.5 Å². The molecule has 1 saturated heterocycles. The Labute approximate surface area is 124 Å². The number of piperazine rings is 1. The first-order chi connectivity index (χ1) is 9.77. The average molecular weight is 307 g/mol. The van der Waals surface area contributed by atoms with Crippen LogP contribution in [0, 0.1) is 11.3 Å². The van der Waals surface area contributed by atoms with E-state index >= 15 is 0 Å². The molecular weight excluding hydrogens is 290 g/mol. The highest BCUT2D eigenvalue weighted by molar-refractivity contribution is 7.88. The second-order valence-corrected chi connectivity index (χ2v) is 7.35. The number of nitrogens with one attached hydrogen (secondary N) is 1. The van der Waals surface area contributed by atoms with Gasteiger partial charge in [0.15, 0.2) is 0 Å². The van der Waals surface area contributed by atoms with E-state index in [2.05, 4.69) is 5.32 Å². The summed E-state index contributed by atoms with van der Waals surface area (Å²) in [5.74, 6) is -0.526. The van der Waals surface area contributed by atoms with Crippen molar-refractivity contribution in [3.05, 3.63) is 35.4 Å². The first-order valence-electron chi connectivity index (χ1n) is 6.55. The summed E-state index contributed by atoms with van der Waals surface area (Å²) in [6.45, 7) is 3.73. The molecule has 0 saturated carbocycles. The van der Waals surface area contributed by atoms with E-state index in [-0.39, 0.29) is 18.2 Å². The lowest BCUT2D eigenvalue weighted by atomic mass is 10.0. The molecule has 1 aliphatic heterocycles. The number of amides is 1. The van der Waals surface area contributed by atoms with Gasteiger partial charge in [-0.25, -0.2) is 8.42 Å². The molecule has 1 aromatic carbocycles. The van der Waals surface area contributed by atoms with Gasteiger partial charge in [0.05, 0.1) is 17.4 Å². The van der Waals surface area contributed by atoms with Crippen molar-refractivity contribution in [3.63, 3.8) is 0 Å². The predicted octanol–water partition coefficient (Wildman–Crippen LogP) is 0.598.